The summed E-state index contributed by atoms with van der Waals surface area (Å²) in [6.07, 6.45) is 9.15. The van der Waals surface area contributed by atoms with Crippen molar-refractivity contribution in [1.29, 1.82) is 0 Å². The van der Waals surface area contributed by atoms with Crippen LogP contribution < -0.4 is 11.3 Å². The molecule has 0 fully saturated rings. The largest absolute Gasteiger partial charge is 0.270 e. The molecule has 104 valence electrons. The van der Waals surface area contributed by atoms with Gasteiger partial charge in [-0.25, -0.2) is 15.5 Å². The fraction of sp³-hybridized carbons (Fsp3) is 0.857. The van der Waals surface area contributed by atoms with Crippen molar-refractivity contribution in [3.63, 3.8) is 0 Å². The summed E-state index contributed by atoms with van der Waals surface area (Å²) >= 11 is 0. The van der Waals surface area contributed by atoms with Gasteiger partial charge in [0, 0.05) is 0 Å². The predicted octanol–water partition coefficient (Wildman–Crippen LogP) is 3.49. The van der Waals surface area contributed by atoms with Gasteiger partial charge < -0.3 is 0 Å². The summed E-state index contributed by atoms with van der Waals surface area (Å²) in [4.78, 5) is 0. The fourth-order valence-corrected chi connectivity index (χ4v) is 6.88. The quantitative estimate of drug-likeness (QED) is 0.398. The van der Waals surface area contributed by atoms with Gasteiger partial charge in [0.1, 0.15) is 0 Å². The Bertz CT molecular complexity index is 226. The van der Waals surface area contributed by atoms with Crippen LogP contribution in [0.1, 0.15) is 40.5 Å². The van der Waals surface area contributed by atoms with Crippen LogP contribution in [0.25, 0.3) is 0 Å². The third-order valence-corrected chi connectivity index (χ3v) is 8.11. The number of hydrogen-bond acceptors (Lipinski definition) is 2. The highest BCUT2D eigenvalue weighted by Crippen LogP contribution is 2.55. The van der Waals surface area contributed by atoms with Crippen molar-refractivity contribution in [3.8, 4) is 0 Å². The summed E-state index contributed by atoms with van der Waals surface area (Å²) in [6.45, 7) is 13.1. The molecule has 0 bridgehead atoms. The van der Waals surface area contributed by atoms with Crippen molar-refractivity contribution in [1.82, 2.24) is 5.43 Å². The molecule has 2 nitrogen and oxygen atoms in total. The molecule has 0 saturated heterocycles. The molecule has 0 aromatic heterocycles. The van der Waals surface area contributed by atoms with Crippen LogP contribution in [0.5, 0.6) is 0 Å². The maximum absolute atomic E-state index is 5.81. The number of hydrazine groups is 1. The van der Waals surface area contributed by atoms with Crippen LogP contribution in [-0.2, 0) is 0 Å². The molecule has 0 aliphatic rings. The van der Waals surface area contributed by atoms with Crippen LogP contribution in [0.4, 0.5) is 0 Å². The number of allylic oxidation sites excluding steroid dienone is 1. The van der Waals surface area contributed by atoms with Gasteiger partial charge in [0.05, 0.1) is 5.37 Å². The van der Waals surface area contributed by atoms with E-state index in [4.69, 9.17) is 5.84 Å². The second-order valence-electron chi connectivity index (χ2n) is 5.77. The van der Waals surface area contributed by atoms with E-state index in [-0.39, 0.29) is 0 Å². The van der Waals surface area contributed by atoms with E-state index in [1.165, 1.54) is 6.42 Å². The van der Waals surface area contributed by atoms with Gasteiger partial charge in [-0.3, -0.25) is 5.84 Å². The van der Waals surface area contributed by atoms with Gasteiger partial charge in [-0.15, -0.1) is 6.58 Å². The SMILES string of the molecule is C=CCC(C(C)C)S(C)(C)C(NN)C(C)CC. The topological polar surface area (TPSA) is 38.0 Å². The highest BCUT2D eigenvalue weighted by atomic mass is 32.3. The number of hydrogen-bond donors (Lipinski definition) is 2. The first-order chi connectivity index (χ1) is 7.82. The lowest BCUT2D eigenvalue weighted by atomic mass is 10.1. The van der Waals surface area contributed by atoms with Crippen LogP contribution in [0, 0.1) is 11.8 Å². The summed E-state index contributed by atoms with van der Waals surface area (Å²) < 4.78 is 0. The molecule has 17 heavy (non-hydrogen) atoms. The van der Waals surface area contributed by atoms with Gasteiger partial charge in [-0.2, -0.15) is 0 Å². The Morgan fingerprint density at radius 2 is 1.82 bits per heavy atom. The number of nitrogens with two attached hydrogens (primary N) is 1. The van der Waals surface area contributed by atoms with Crippen molar-refractivity contribution >= 4 is 10.0 Å². The van der Waals surface area contributed by atoms with E-state index in [0.29, 0.717) is 22.5 Å². The van der Waals surface area contributed by atoms with Crippen molar-refractivity contribution in [2.75, 3.05) is 12.5 Å². The molecule has 3 unspecified atom stereocenters. The van der Waals surface area contributed by atoms with Crippen LogP contribution >= 0.6 is 10.0 Å². The van der Waals surface area contributed by atoms with Crippen molar-refractivity contribution in [3.05, 3.63) is 12.7 Å². The molecular weight excluding hydrogens is 228 g/mol. The first-order valence-electron chi connectivity index (χ1n) is 6.60. The molecule has 0 rings (SSSR count). The third-order valence-electron chi connectivity index (χ3n) is 3.90. The third kappa shape index (κ3) is 4.31. The van der Waals surface area contributed by atoms with Gasteiger partial charge >= 0.3 is 0 Å². The fourth-order valence-electron chi connectivity index (χ4n) is 2.73. The normalized spacial score (nSPS) is 18.8. The molecule has 3 atom stereocenters. The maximum Gasteiger partial charge on any atom is 0.0535 e. The first-order valence-corrected chi connectivity index (χ1v) is 9.18. The monoisotopic (exact) mass is 260 g/mol. The van der Waals surface area contributed by atoms with Crippen molar-refractivity contribution in [2.45, 2.75) is 51.2 Å². The molecule has 3 N–H and O–H groups in total. The Hall–Kier alpha value is 0.01000. The molecule has 3 heteroatoms. The summed E-state index contributed by atoms with van der Waals surface area (Å²) in [6, 6.07) is 0. The Morgan fingerprint density at radius 3 is 2.12 bits per heavy atom. The molecule has 0 spiro atoms. The molecule has 0 aliphatic carbocycles. The van der Waals surface area contributed by atoms with Crippen LogP contribution in [0.15, 0.2) is 12.7 Å². The average Bonchev–Trinajstić information content (AvgIpc) is 2.25. The lowest BCUT2D eigenvalue weighted by Crippen LogP contribution is -2.46. The number of nitrogens with one attached hydrogen (secondary N) is 1. The molecule has 0 radical (unpaired) electrons. The minimum absolute atomic E-state index is 0.430. The smallest absolute Gasteiger partial charge is 0.0535 e. The van der Waals surface area contributed by atoms with Crippen molar-refractivity contribution < 1.29 is 0 Å². The second-order valence-corrected chi connectivity index (χ2v) is 9.85. The Morgan fingerprint density at radius 1 is 1.29 bits per heavy atom. The van der Waals surface area contributed by atoms with Gasteiger partial charge in [0.2, 0.25) is 0 Å². The molecule has 0 aromatic rings. The summed E-state index contributed by atoms with van der Waals surface area (Å²) in [5.41, 5.74) is 3.09. The van der Waals surface area contributed by atoms with Crippen LogP contribution in [0.2, 0.25) is 0 Å². The predicted molar refractivity (Wildman–Crippen MR) is 83.4 cm³/mol. The van der Waals surface area contributed by atoms with Crippen LogP contribution in [0.3, 0.4) is 0 Å². The Balaban J connectivity index is 5.07. The Kier molecular flexibility index (Phi) is 7.45. The number of rotatable bonds is 8. The molecular formula is C14H32N2S. The van der Waals surface area contributed by atoms with E-state index in [0.717, 1.165) is 6.42 Å². The second kappa shape index (κ2) is 7.45. The maximum atomic E-state index is 5.81. The molecule has 0 aliphatic heterocycles. The highest BCUT2D eigenvalue weighted by Gasteiger charge is 2.35. The molecule has 0 amide bonds. The summed E-state index contributed by atoms with van der Waals surface area (Å²) in [7, 11) is -0.793. The summed E-state index contributed by atoms with van der Waals surface area (Å²) in [5, 5.41) is 1.12. The van der Waals surface area contributed by atoms with Gasteiger partial charge in [0.25, 0.3) is 0 Å². The van der Waals surface area contributed by atoms with Crippen LogP contribution in [-0.4, -0.2) is 23.1 Å². The lowest BCUT2D eigenvalue weighted by Gasteiger charge is -2.49. The molecule has 0 saturated carbocycles. The van der Waals surface area contributed by atoms with Gasteiger partial charge in [-0.1, -0.05) is 40.2 Å². The van der Waals surface area contributed by atoms with E-state index in [1.54, 1.807) is 0 Å². The highest BCUT2D eigenvalue weighted by molar-refractivity contribution is 8.33. The standard InChI is InChI=1S/C14H32N2S/c1-8-10-13(11(3)4)17(6,7)14(16-15)12(5)9-2/h8,11-14,16H,1,9-10,15H2,2-7H3. The minimum Gasteiger partial charge on any atom is -0.270 e. The lowest BCUT2D eigenvalue weighted by molar-refractivity contribution is 0.463. The first kappa shape index (κ1) is 17.0. The zero-order valence-corrected chi connectivity index (χ0v) is 13.3. The summed E-state index contributed by atoms with van der Waals surface area (Å²) in [5.74, 6) is 7.11. The average molecular weight is 260 g/mol. The van der Waals surface area contributed by atoms with Gasteiger partial charge in [0.15, 0.2) is 0 Å². The molecule has 0 heterocycles. The molecule has 0 aromatic carbocycles. The van der Waals surface area contributed by atoms with Crippen molar-refractivity contribution in [2.24, 2.45) is 17.7 Å². The van der Waals surface area contributed by atoms with E-state index >= 15 is 0 Å². The van der Waals surface area contributed by atoms with E-state index in [9.17, 15) is 0 Å². The van der Waals surface area contributed by atoms with E-state index in [2.05, 4.69) is 58.3 Å². The van der Waals surface area contributed by atoms with E-state index < -0.39 is 10.0 Å². The minimum atomic E-state index is -0.793. The Labute approximate surface area is 110 Å². The zero-order chi connectivity index (χ0) is 13.6. The zero-order valence-electron chi connectivity index (χ0n) is 12.5. The van der Waals surface area contributed by atoms with E-state index in [1.807, 2.05) is 0 Å². The van der Waals surface area contributed by atoms with Gasteiger partial charge in [-0.05, 0) is 36.0 Å².